The van der Waals surface area contributed by atoms with Crippen LogP contribution in [0.15, 0.2) is 11.6 Å². The Morgan fingerprint density at radius 2 is 2.00 bits per heavy atom. The third kappa shape index (κ3) is 4.68. The van der Waals surface area contributed by atoms with Crippen LogP contribution >= 0.6 is 0 Å². The van der Waals surface area contributed by atoms with E-state index < -0.39 is 12.1 Å². The number of carbonyl (C=O) groups is 1. The van der Waals surface area contributed by atoms with E-state index in [1.165, 1.54) is 0 Å². The van der Waals surface area contributed by atoms with E-state index >= 15 is 0 Å². The van der Waals surface area contributed by atoms with Gasteiger partial charge in [-0.3, -0.25) is 0 Å². The minimum Gasteiger partial charge on any atom is -0.463 e. The molecule has 0 amide bonds. The van der Waals surface area contributed by atoms with Crippen LogP contribution in [0.4, 0.5) is 0 Å². The first-order chi connectivity index (χ1) is 5.99. The summed E-state index contributed by atoms with van der Waals surface area (Å²) in [6.45, 7) is 7.53. The molecule has 0 bridgehead atoms. The Morgan fingerprint density at radius 1 is 1.46 bits per heavy atom. The Kier molecular flexibility index (Phi) is 5.39. The molecule has 76 valence electrons. The number of rotatable bonds is 4. The Bertz CT molecular complexity index is 192. The largest absolute Gasteiger partial charge is 0.463 e. The van der Waals surface area contributed by atoms with E-state index in [4.69, 9.17) is 4.74 Å². The molecule has 0 heterocycles. The molecule has 3 heteroatoms. The highest BCUT2D eigenvalue weighted by atomic mass is 16.5. The van der Waals surface area contributed by atoms with E-state index in [-0.39, 0.29) is 5.92 Å². The zero-order valence-corrected chi connectivity index (χ0v) is 8.70. The lowest BCUT2D eigenvalue weighted by Crippen LogP contribution is -2.18. The molecule has 0 aliphatic carbocycles. The molecule has 0 aliphatic rings. The van der Waals surface area contributed by atoms with E-state index in [9.17, 15) is 9.90 Å². The smallest absolute Gasteiger partial charge is 0.336 e. The SMILES string of the molecule is CCOC(=O)/C(=C\C(C)C)[C@H](C)O. The minimum absolute atomic E-state index is 0.231. The summed E-state index contributed by atoms with van der Waals surface area (Å²) in [4.78, 5) is 11.3. The van der Waals surface area contributed by atoms with Gasteiger partial charge in [0.25, 0.3) is 0 Å². The van der Waals surface area contributed by atoms with Gasteiger partial charge in [-0.2, -0.15) is 0 Å². The fourth-order valence-electron chi connectivity index (χ4n) is 0.951. The molecule has 0 radical (unpaired) electrons. The summed E-state index contributed by atoms with van der Waals surface area (Å²) in [6.07, 6.45) is 0.962. The van der Waals surface area contributed by atoms with Gasteiger partial charge in [0.1, 0.15) is 0 Å². The zero-order chi connectivity index (χ0) is 10.4. The van der Waals surface area contributed by atoms with Crippen LogP contribution in [0.3, 0.4) is 0 Å². The molecule has 0 fully saturated rings. The van der Waals surface area contributed by atoms with Gasteiger partial charge >= 0.3 is 5.97 Å². The van der Waals surface area contributed by atoms with Crippen LogP contribution in [0.25, 0.3) is 0 Å². The van der Waals surface area contributed by atoms with Crippen LogP contribution in [-0.2, 0) is 9.53 Å². The number of aliphatic hydroxyl groups is 1. The predicted octanol–water partition coefficient (Wildman–Crippen LogP) is 1.51. The number of aliphatic hydroxyl groups excluding tert-OH is 1. The van der Waals surface area contributed by atoms with E-state index in [1.807, 2.05) is 13.8 Å². The van der Waals surface area contributed by atoms with Gasteiger partial charge < -0.3 is 9.84 Å². The number of hydrogen-bond donors (Lipinski definition) is 1. The van der Waals surface area contributed by atoms with Crippen molar-refractivity contribution in [3.8, 4) is 0 Å². The van der Waals surface area contributed by atoms with Crippen LogP contribution in [0, 0.1) is 5.92 Å². The van der Waals surface area contributed by atoms with Crippen LogP contribution in [0.5, 0.6) is 0 Å². The monoisotopic (exact) mass is 186 g/mol. The van der Waals surface area contributed by atoms with Gasteiger partial charge in [-0.05, 0) is 19.8 Å². The third-order valence-corrected chi connectivity index (χ3v) is 1.47. The van der Waals surface area contributed by atoms with Crippen molar-refractivity contribution in [1.82, 2.24) is 0 Å². The average Bonchev–Trinajstić information content (AvgIpc) is 1.99. The maximum atomic E-state index is 11.3. The van der Waals surface area contributed by atoms with E-state index in [0.717, 1.165) is 0 Å². The van der Waals surface area contributed by atoms with Gasteiger partial charge in [-0.15, -0.1) is 0 Å². The van der Waals surface area contributed by atoms with Crippen LogP contribution in [0.2, 0.25) is 0 Å². The Labute approximate surface area is 79.4 Å². The lowest BCUT2D eigenvalue weighted by atomic mass is 10.1. The number of allylic oxidation sites excluding steroid dienone is 1. The topological polar surface area (TPSA) is 46.5 Å². The molecule has 0 unspecified atom stereocenters. The summed E-state index contributed by atoms with van der Waals surface area (Å²) in [5.74, 6) is -0.194. The highest BCUT2D eigenvalue weighted by Crippen LogP contribution is 2.09. The number of hydrogen-bond acceptors (Lipinski definition) is 3. The van der Waals surface area contributed by atoms with Crippen molar-refractivity contribution < 1.29 is 14.6 Å². The highest BCUT2D eigenvalue weighted by molar-refractivity contribution is 5.89. The molecule has 0 aromatic heterocycles. The molecule has 0 saturated carbocycles. The van der Waals surface area contributed by atoms with E-state index in [2.05, 4.69) is 0 Å². The summed E-state index contributed by atoms with van der Waals surface area (Å²) in [6, 6.07) is 0. The quantitative estimate of drug-likeness (QED) is 0.534. The second-order valence-electron chi connectivity index (χ2n) is 3.26. The van der Waals surface area contributed by atoms with Gasteiger partial charge in [-0.1, -0.05) is 19.9 Å². The lowest BCUT2D eigenvalue weighted by Gasteiger charge is -2.10. The summed E-state index contributed by atoms with van der Waals surface area (Å²) in [5, 5.41) is 9.29. The van der Waals surface area contributed by atoms with Crippen molar-refractivity contribution in [1.29, 1.82) is 0 Å². The summed E-state index contributed by atoms with van der Waals surface area (Å²) in [7, 11) is 0. The fraction of sp³-hybridized carbons (Fsp3) is 0.700. The van der Waals surface area contributed by atoms with Crippen molar-refractivity contribution in [2.45, 2.75) is 33.8 Å². The predicted molar refractivity (Wildman–Crippen MR) is 51.2 cm³/mol. The molecule has 3 nitrogen and oxygen atoms in total. The first-order valence-electron chi connectivity index (χ1n) is 4.55. The van der Waals surface area contributed by atoms with Gasteiger partial charge in [-0.25, -0.2) is 4.79 Å². The third-order valence-electron chi connectivity index (χ3n) is 1.47. The Morgan fingerprint density at radius 3 is 2.31 bits per heavy atom. The molecule has 0 spiro atoms. The number of esters is 1. The first-order valence-corrected chi connectivity index (χ1v) is 4.55. The molecule has 13 heavy (non-hydrogen) atoms. The Hall–Kier alpha value is -0.830. The maximum absolute atomic E-state index is 11.3. The van der Waals surface area contributed by atoms with Crippen LogP contribution in [0.1, 0.15) is 27.7 Å². The number of ether oxygens (including phenoxy) is 1. The van der Waals surface area contributed by atoms with E-state index in [0.29, 0.717) is 12.2 Å². The molecule has 0 aromatic rings. The Balaban J connectivity index is 4.51. The highest BCUT2D eigenvalue weighted by Gasteiger charge is 2.15. The summed E-state index contributed by atoms with van der Waals surface area (Å²) < 4.78 is 4.80. The molecule has 1 atom stereocenters. The van der Waals surface area contributed by atoms with Gasteiger partial charge in [0.15, 0.2) is 0 Å². The van der Waals surface area contributed by atoms with Gasteiger partial charge in [0.2, 0.25) is 0 Å². The van der Waals surface area contributed by atoms with Crippen LogP contribution < -0.4 is 0 Å². The maximum Gasteiger partial charge on any atom is 0.336 e. The molecule has 1 N–H and O–H groups in total. The molecule has 0 rings (SSSR count). The van der Waals surface area contributed by atoms with Crippen molar-refractivity contribution in [3.05, 3.63) is 11.6 Å². The molecule has 0 aliphatic heterocycles. The van der Waals surface area contributed by atoms with Gasteiger partial charge in [0.05, 0.1) is 18.3 Å². The van der Waals surface area contributed by atoms with E-state index in [1.54, 1.807) is 19.9 Å². The van der Waals surface area contributed by atoms with Crippen molar-refractivity contribution in [3.63, 3.8) is 0 Å². The summed E-state index contributed by atoms with van der Waals surface area (Å²) >= 11 is 0. The first kappa shape index (κ1) is 12.2. The second kappa shape index (κ2) is 5.75. The zero-order valence-electron chi connectivity index (χ0n) is 8.70. The fourth-order valence-corrected chi connectivity index (χ4v) is 0.951. The van der Waals surface area contributed by atoms with Crippen molar-refractivity contribution in [2.24, 2.45) is 5.92 Å². The molecular formula is C10H18O3. The standard InChI is InChI=1S/C10H18O3/c1-5-13-10(12)9(8(4)11)6-7(2)3/h6-8,11H,5H2,1-4H3/b9-6-/t8-/m0/s1. The normalized spacial score (nSPS) is 14.5. The van der Waals surface area contributed by atoms with Crippen LogP contribution in [-0.4, -0.2) is 23.8 Å². The van der Waals surface area contributed by atoms with Crippen molar-refractivity contribution >= 4 is 5.97 Å². The lowest BCUT2D eigenvalue weighted by molar-refractivity contribution is -0.139. The van der Waals surface area contributed by atoms with Crippen molar-refractivity contribution in [2.75, 3.05) is 6.61 Å². The minimum atomic E-state index is -0.763. The molecule has 0 aromatic carbocycles. The second-order valence-corrected chi connectivity index (χ2v) is 3.26. The number of carbonyl (C=O) groups excluding carboxylic acids is 1. The summed E-state index contributed by atoms with van der Waals surface area (Å²) in [5.41, 5.74) is 0.344. The average molecular weight is 186 g/mol. The van der Waals surface area contributed by atoms with Gasteiger partial charge in [0, 0.05) is 0 Å². The molecule has 0 saturated heterocycles. The molecular weight excluding hydrogens is 168 g/mol.